The van der Waals surface area contributed by atoms with Gasteiger partial charge in [0.25, 0.3) is 0 Å². The molecule has 1 heterocycles. The molecule has 1 aliphatic heterocycles. The molecule has 0 aromatic carbocycles. The maximum atomic E-state index is 12.0. The summed E-state index contributed by atoms with van der Waals surface area (Å²) in [4.78, 5) is 23.8. The molecule has 116 valence electrons. The van der Waals surface area contributed by atoms with E-state index in [0.717, 1.165) is 12.7 Å². The number of ketones is 1. The topological polar surface area (TPSA) is 83.6 Å². The van der Waals surface area contributed by atoms with Crippen LogP contribution in [0, 0.1) is 5.92 Å². The molecule has 1 N–H and O–H groups in total. The summed E-state index contributed by atoms with van der Waals surface area (Å²) in [6.45, 7) is 4.26. The zero-order valence-electron chi connectivity index (χ0n) is 12.4. The highest BCUT2D eigenvalue weighted by Crippen LogP contribution is 2.12. The minimum absolute atomic E-state index is 0.134. The van der Waals surface area contributed by atoms with E-state index < -0.39 is 16.1 Å². The molecule has 1 unspecified atom stereocenters. The molecule has 6 nitrogen and oxygen atoms in total. The van der Waals surface area contributed by atoms with Crippen LogP contribution < -0.4 is 5.32 Å². The van der Waals surface area contributed by atoms with Crippen LogP contribution in [0.2, 0.25) is 0 Å². The lowest BCUT2D eigenvalue weighted by Gasteiger charge is -2.17. The predicted molar refractivity (Wildman–Crippen MR) is 76.7 cm³/mol. The van der Waals surface area contributed by atoms with Crippen LogP contribution in [-0.4, -0.2) is 49.8 Å². The van der Waals surface area contributed by atoms with Gasteiger partial charge in [0, 0.05) is 13.0 Å². The predicted octanol–water partition coefficient (Wildman–Crippen LogP) is 0.532. The normalized spacial score (nSPS) is 21.8. The highest BCUT2D eigenvalue weighted by Gasteiger charge is 2.29. The van der Waals surface area contributed by atoms with E-state index >= 15 is 0 Å². The largest absolute Gasteiger partial charge is 0.346 e. The van der Waals surface area contributed by atoms with Crippen molar-refractivity contribution < 1.29 is 18.0 Å². The number of hydrogen-bond donors (Lipinski definition) is 1. The van der Waals surface area contributed by atoms with Gasteiger partial charge in [0.1, 0.15) is 0 Å². The van der Waals surface area contributed by atoms with Crippen molar-refractivity contribution in [2.24, 2.45) is 5.92 Å². The zero-order valence-corrected chi connectivity index (χ0v) is 13.2. The van der Waals surface area contributed by atoms with E-state index in [-0.39, 0.29) is 18.2 Å². The van der Waals surface area contributed by atoms with Gasteiger partial charge in [-0.3, -0.25) is 9.59 Å². The number of amides is 1. The van der Waals surface area contributed by atoms with Crippen molar-refractivity contribution in [2.75, 3.05) is 19.3 Å². The van der Waals surface area contributed by atoms with Gasteiger partial charge in [0.05, 0.1) is 18.8 Å². The molecule has 0 aromatic rings. The number of nitrogens with zero attached hydrogens (tertiary/aromatic N) is 1. The number of Topliss-reactive ketones (excluding diaryl/α,β-unsaturated/α-hetero) is 1. The molecular formula is C13H24N2O4S. The van der Waals surface area contributed by atoms with Crippen LogP contribution in [0.25, 0.3) is 0 Å². The second kappa shape index (κ2) is 7.17. The molecular weight excluding hydrogens is 280 g/mol. The number of nitrogens with one attached hydrogen (secondary N) is 1. The first-order valence-corrected chi connectivity index (χ1v) is 8.82. The second-order valence-electron chi connectivity index (χ2n) is 5.76. The van der Waals surface area contributed by atoms with Crippen molar-refractivity contribution in [2.45, 2.75) is 45.6 Å². The molecule has 1 rings (SSSR count). The van der Waals surface area contributed by atoms with E-state index in [0.29, 0.717) is 31.7 Å². The Morgan fingerprint density at radius 3 is 2.65 bits per heavy atom. The first kappa shape index (κ1) is 17.1. The first-order valence-electron chi connectivity index (χ1n) is 6.97. The maximum absolute atomic E-state index is 12.0. The number of rotatable bonds is 5. The monoisotopic (exact) mass is 304 g/mol. The number of sulfonamides is 1. The zero-order chi connectivity index (χ0) is 15.3. The van der Waals surface area contributed by atoms with Gasteiger partial charge in [-0.05, 0) is 25.2 Å². The van der Waals surface area contributed by atoms with Gasteiger partial charge in [-0.15, -0.1) is 0 Å². The average Bonchev–Trinajstić information content (AvgIpc) is 2.49. The Morgan fingerprint density at radius 1 is 1.45 bits per heavy atom. The minimum Gasteiger partial charge on any atom is -0.346 e. The molecule has 1 saturated heterocycles. The van der Waals surface area contributed by atoms with Gasteiger partial charge >= 0.3 is 0 Å². The molecule has 0 spiro atoms. The van der Waals surface area contributed by atoms with Gasteiger partial charge in [-0.25, -0.2) is 8.42 Å². The molecule has 0 aliphatic carbocycles. The summed E-state index contributed by atoms with van der Waals surface area (Å²) in [5.41, 5.74) is 0. The molecule has 0 radical (unpaired) electrons. The molecule has 7 heteroatoms. The van der Waals surface area contributed by atoms with Crippen LogP contribution in [0.5, 0.6) is 0 Å². The van der Waals surface area contributed by atoms with Crippen LogP contribution in [0.3, 0.4) is 0 Å². The standard InChI is InChI=1S/C13H24N2O4S/c1-10(2)6-7-13(17)14-11-5-4-8-15(9-12(11)16)20(3,18)19/h10-11H,4-9H2,1-3H3,(H,14,17). The smallest absolute Gasteiger partial charge is 0.220 e. The summed E-state index contributed by atoms with van der Waals surface area (Å²) in [7, 11) is -3.36. The fraction of sp³-hybridized carbons (Fsp3) is 0.846. The number of carbonyl (C=O) groups excluding carboxylic acids is 2. The van der Waals surface area contributed by atoms with E-state index in [1.165, 1.54) is 4.31 Å². The van der Waals surface area contributed by atoms with E-state index in [1.54, 1.807) is 0 Å². The molecule has 1 atom stereocenters. The Hall–Kier alpha value is -0.950. The van der Waals surface area contributed by atoms with Crippen molar-refractivity contribution in [1.82, 2.24) is 9.62 Å². The van der Waals surface area contributed by atoms with E-state index in [2.05, 4.69) is 5.32 Å². The third-order valence-electron chi connectivity index (χ3n) is 3.37. The Bertz CT molecular complexity index is 459. The number of hydrogen-bond acceptors (Lipinski definition) is 4. The van der Waals surface area contributed by atoms with Crippen LogP contribution >= 0.6 is 0 Å². The summed E-state index contributed by atoms with van der Waals surface area (Å²) in [5.74, 6) is 0.0713. The quantitative estimate of drug-likeness (QED) is 0.803. The lowest BCUT2D eigenvalue weighted by Crippen LogP contribution is -2.44. The van der Waals surface area contributed by atoms with Crippen LogP contribution in [-0.2, 0) is 19.6 Å². The third-order valence-corrected chi connectivity index (χ3v) is 4.62. The third kappa shape index (κ3) is 5.58. The highest BCUT2D eigenvalue weighted by atomic mass is 32.2. The maximum Gasteiger partial charge on any atom is 0.220 e. The van der Waals surface area contributed by atoms with Crippen molar-refractivity contribution in [3.05, 3.63) is 0 Å². The lowest BCUT2D eigenvalue weighted by atomic mass is 10.1. The lowest BCUT2D eigenvalue weighted by molar-refractivity contribution is -0.127. The molecule has 0 aromatic heterocycles. The summed E-state index contributed by atoms with van der Waals surface area (Å²) >= 11 is 0. The SMILES string of the molecule is CC(C)CCC(=O)NC1CCCN(S(C)(=O)=O)CC1=O. The fourth-order valence-electron chi connectivity index (χ4n) is 2.12. The molecule has 0 saturated carbocycles. The highest BCUT2D eigenvalue weighted by molar-refractivity contribution is 7.88. The van der Waals surface area contributed by atoms with Crippen molar-refractivity contribution in [1.29, 1.82) is 0 Å². The van der Waals surface area contributed by atoms with Crippen LogP contribution in [0.15, 0.2) is 0 Å². The average molecular weight is 304 g/mol. The van der Waals surface area contributed by atoms with Crippen molar-refractivity contribution in [3.8, 4) is 0 Å². The number of carbonyl (C=O) groups is 2. The van der Waals surface area contributed by atoms with Crippen LogP contribution in [0.1, 0.15) is 39.5 Å². The van der Waals surface area contributed by atoms with Crippen LogP contribution in [0.4, 0.5) is 0 Å². The molecule has 0 bridgehead atoms. The van der Waals surface area contributed by atoms with E-state index in [4.69, 9.17) is 0 Å². The summed E-state index contributed by atoms with van der Waals surface area (Å²) < 4.78 is 24.1. The molecule has 20 heavy (non-hydrogen) atoms. The van der Waals surface area contributed by atoms with Gasteiger partial charge in [-0.1, -0.05) is 13.8 Å². The molecule has 1 aliphatic rings. The Morgan fingerprint density at radius 2 is 2.10 bits per heavy atom. The fourth-order valence-corrected chi connectivity index (χ4v) is 2.94. The Balaban J connectivity index is 2.56. The summed E-state index contributed by atoms with van der Waals surface area (Å²) in [6, 6.07) is -0.554. The van der Waals surface area contributed by atoms with E-state index in [9.17, 15) is 18.0 Å². The van der Waals surface area contributed by atoms with Gasteiger partial charge in [0.2, 0.25) is 15.9 Å². The second-order valence-corrected chi connectivity index (χ2v) is 7.74. The van der Waals surface area contributed by atoms with Gasteiger partial charge in [0.15, 0.2) is 5.78 Å². The molecule has 1 fully saturated rings. The summed E-state index contributed by atoms with van der Waals surface area (Å²) in [5, 5.41) is 2.73. The summed E-state index contributed by atoms with van der Waals surface area (Å²) in [6.07, 6.45) is 3.35. The minimum atomic E-state index is -3.36. The molecule has 1 amide bonds. The van der Waals surface area contributed by atoms with Crippen molar-refractivity contribution >= 4 is 21.7 Å². The van der Waals surface area contributed by atoms with E-state index in [1.807, 2.05) is 13.8 Å². The van der Waals surface area contributed by atoms with Gasteiger partial charge < -0.3 is 5.32 Å². The Kier molecular flexibility index (Phi) is 6.13. The first-order chi connectivity index (χ1) is 9.20. The van der Waals surface area contributed by atoms with Gasteiger partial charge in [-0.2, -0.15) is 4.31 Å². The Labute approximate surface area is 121 Å². The van der Waals surface area contributed by atoms with Crippen molar-refractivity contribution in [3.63, 3.8) is 0 Å².